The average Bonchev–Trinajstić information content (AvgIpc) is 2.04. The van der Waals surface area contributed by atoms with Crippen molar-refractivity contribution in [3.63, 3.8) is 0 Å². The van der Waals surface area contributed by atoms with Crippen LogP contribution < -0.4 is 4.74 Å². The molecule has 1 aromatic rings. The molecule has 0 saturated carbocycles. The molecule has 0 atom stereocenters. The van der Waals surface area contributed by atoms with Crippen LogP contribution in [0.1, 0.15) is 10.4 Å². The van der Waals surface area contributed by atoms with Gasteiger partial charge in [-0.3, -0.25) is 0 Å². The molecule has 1 rings (SSSR count). The number of ether oxygens (including phenoxy) is 1. The molecule has 0 aliphatic rings. The fourth-order valence-electron chi connectivity index (χ4n) is 0.757. The quantitative estimate of drug-likeness (QED) is 0.673. The van der Waals surface area contributed by atoms with E-state index in [1.165, 1.54) is 19.4 Å². The number of rotatable bonds is 2. The Bertz CT molecular complexity index is 310. The number of carbonyl (C=O) groups is 1. The summed E-state index contributed by atoms with van der Waals surface area (Å²) in [6.45, 7) is 0. The third-order valence-corrected chi connectivity index (χ3v) is 1.31. The van der Waals surface area contributed by atoms with E-state index < -0.39 is 11.7 Å². The molecule has 0 fully saturated rings. The highest BCUT2D eigenvalue weighted by Crippen LogP contribution is 2.26. The Kier molecular flexibility index (Phi) is 2.14. The van der Waals surface area contributed by atoms with Gasteiger partial charge in [-0.1, -0.05) is 0 Å². The van der Waals surface area contributed by atoms with Crippen molar-refractivity contribution in [2.45, 2.75) is 0 Å². The molecule has 5 nitrogen and oxygen atoms in total. The SMILES string of the molecule is COc1nccc(C(=O)O)c1O. The maximum atomic E-state index is 10.4. The van der Waals surface area contributed by atoms with Crippen LogP contribution in [0.15, 0.2) is 12.3 Å². The van der Waals surface area contributed by atoms with Crippen LogP contribution in [0.2, 0.25) is 0 Å². The molecule has 0 amide bonds. The lowest BCUT2D eigenvalue weighted by molar-refractivity contribution is 0.0692. The van der Waals surface area contributed by atoms with Gasteiger partial charge < -0.3 is 14.9 Å². The molecule has 1 aromatic heterocycles. The Morgan fingerprint density at radius 2 is 2.33 bits per heavy atom. The van der Waals surface area contributed by atoms with Crippen molar-refractivity contribution >= 4 is 5.97 Å². The number of carboxylic acids is 1. The van der Waals surface area contributed by atoms with Gasteiger partial charge in [0.2, 0.25) is 0 Å². The third-order valence-electron chi connectivity index (χ3n) is 1.31. The predicted octanol–water partition coefficient (Wildman–Crippen LogP) is 0.494. The van der Waals surface area contributed by atoms with E-state index in [-0.39, 0.29) is 11.4 Å². The molecule has 64 valence electrons. The van der Waals surface area contributed by atoms with Crippen LogP contribution in [0.3, 0.4) is 0 Å². The standard InChI is InChI=1S/C7H7NO4/c1-12-6-5(9)4(7(10)11)2-3-8-6/h2-3,9H,1H3,(H,10,11). The Hall–Kier alpha value is -1.78. The highest BCUT2D eigenvalue weighted by atomic mass is 16.5. The first kappa shape index (κ1) is 8.32. The third kappa shape index (κ3) is 1.29. The van der Waals surface area contributed by atoms with Crippen LogP contribution in [0.25, 0.3) is 0 Å². The molecule has 0 aliphatic carbocycles. The summed E-state index contributed by atoms with van der Waals surface area (Å²) in [4.78, 5) is 14.1. The minimum atomic E-state index is -1.21. The lowest BCUT2D eigenvalue weighted by Gasteiger charge is -2.02. The number of aromatic hydroxyl groups is 1. The van der Waals surface area contributed by atoms with Gasteiger partial charge in [-0.15, -0.1) is 0 Å². The van der Waals surface area contributed by atoms with Crippen molar-refractivity contribution in [1.29, 1.82) is 0 Å². The first-order valence-corrected chi connectivity index (χ1v) is 3.12. The average molecular weight is 169 g/mol. The van der Waals surface area contributed by atoms with Crippen LogP contribution in [0, 0.1) is 0 Å². The van der Waals surface area contributed by atoms with Gasteiger partial charge in [0.25, 0.3) is 5.88 Å². The van der Waals surface area contributed by atoms with Gasteiger partial charge in [0.1, 0.15) is 5.56 Å². The molecule has 0 bridgehead atoms. The Labute approximate surface area is 68.2 Å². The number of carboxylic acid groups (broad SMARTS) is 1. The maximum Gasteiger partial charge on any atom is 0.339 e. The molecule has 5 heteroatoms. The molecular weight excluding hydrogens is 162 g/mol. The van der Waals surface area contributed by atoms with E-state index >= 15 is 0 Å². The summed E-state index contributed by atoms with van der Waals surface area (Å²) in [6.07, 6.45) is 1.25. The van der Waals surface area contributed by atoms with Crippen LogP contribution >= 0.6 is 0 Å². The minimum Gasteiger partial charge on any atom is -0.502 e. The first-order valence-electron chi connectivity index (χ1n) is 3.12. The number of aromatic nitrogens is 1. The van der Waals surface area contributed by atoms with Gasteiger partial charge in [-0.05, 0) is 6.07 Å². The first-order chi connectivity index (χ1) is 5.66. The topological polar surface area (TPSA) is 79.7 Å². The van der Waals surface area contributed by atoms with E-state index in [0.717, 1.165) is 0 Å². The molecule has 0 unspecified atom stereocenters. The van der Waals surface area contributed by atoms with Crippen molar-refractivity contribution in [1.82, 2.24) is 4.98 Å². The number of aromatic carboxylic acids is 1. The van der Waals surface area contributed by atoms with Crippen molar-refractivity contribution < 1.29 is 19.7 Å². The van der Waals surface area contributed by atoms with Gasteiger partial charge in [-0.25, -0.2) is 9.78 Å². The Morgan fingerprint density at radius 3 is 2.83 bits per heavy atom. The molecule has 1 heterocycles. The second-order valence-corrected chi connectivity index (χ2v) is 2.02. The largest absolute Gasteiger partial charge is 0.502 e. The van der Waals surface area contributed by atoms with Gasteiger partial charge in [0.05, 0.1) is 7.11 Å². The van der Waals surface area contributed by atoms with Gasteiger partial charge in [0.15, 0.2) is 5.75 Å². The molecule has 0 saturated heterocycles. The number of hydrogen-bond acceptors (Lipinski definition) is 4. The molecule has 0 aromatic carbocycles. The van der Waals surface area contributed by atoms with E-state index in [2.05, 4.69) is 9.72 Å². The molecular formula is C7H7NO4. The zero-order valence-corrected chi connectivity index (χ0v) is 6.31. The second kappa shape index (κ2) is 3.08. The summed E-state index contributed by atoms with van der Waals surface area (Å²) in [5.74, 6) is -1.75. The van der Waals surface area contributed by atoms with E-state index in [0.29, 0.717) is 0 Å². The van der Waals surface area contributed by atoms with Gasteiger partial charge >= 0.3 is 5.97 Å². The summed E-state index contributed by atoms with van der Waals surface area (Å²) in [5, 5.41) is 17.7. The second-order valence-electron chi connectivity index (χ2n) is 2.02. The van der Waals surface area contributed by atoms with Crippen molar-refractivity contribution in [2.75, 3.05) is 7.11 Å². The highest BCUT2D eigenvalue weighted by Gasteiger charge is 2.13. The lowest BCUT2D eigenvalue weighted by Crippen LogP contribution is -1.99. The molecule has 0 aliphatic heterocycles. The monoisotopic (exact) mass is 169 g/mol. The normalized spacial score (nSPS) is 9.42. The van der Waals surface area contributed by atoms with Crippen LogP contribution in [0.4, 0.5) is 0 Å². The van der Waals surface area contributed by atoms with Crippen LogP contribution in [0.5, 0.6) is 11.6 Å². The predicted molar refractivity (Wildman–Crippen MR) is 39.4 cm³/mol. The van der Waals surface area contributed by atoms with Crippen molar-refractivity contribution in [2.24, 2.45) is 0 Å². The van der Waals surface area contributed by atoms with Crippen molar-refractivity contribution in [3.05, 3.63) is 17.8 Å². The Balaban J connectivity index is 3.23. The molecule has 2 N–H and O–H groups in total. The van der Waals surface area contributed by atoms with E-state index in [4.69, 9.17) is 5.11 Å². The maximum absolute atomic E-state index is 10.4. The summed E-state index contributed by atoms with van der Waals surface area (Å²) in [6, 6.07) is 1.19. The molecule has 0 radical (unpaired) electrons. The Morgan fingerprint density at radius 1 is 1.67 bits per heavy atom. The van der Waals surface area contributed by atoms with Crippen LogP contribution in [-0.2, 0) is 0 Å². The lowest BCUT2D eigenvalue weighted by atomic mass is 10.2. The number of hydrogen-bond donors (Lipinski definition) is 2. The zero-order chi connectivity index (χ0) is 9.14. The fraction of sp³-hybridized carbons (Fsp3) is 0.143. The zero-order valence-electron chi connectivity index (χ0n) is 6.31. The molecule has 12 heavy (non-hydrogen) atoms. The summed E-state index contributed by atoms with van der Waals surface area (Å²) >= 11 is 0. The summed E-state index contributed by atoms with van der Waals surface area (Å²) < 4.78 is 4.61. The van der Waals surface area contributed by atoms with E-state index in [9.17, 15) is 9.90 Å². The number of nitrogens with zero attached hydrogens (tertiary/aromatic N) is 1. The van der Waals surface area contributed by atoms with E-state index in [1.807, 2.05) is 0 Å². The summed E-state index contributed by atoms with van der Waals surface area (Å²) in [5.41, 5.74) is -0.221. The van der Waals surface area contributed by atoms with Crippen molar-refractivity contribution in [3.8, 4) is 11.6 Å². The highest BCUT2D eigenvalue weighted by molar-refractivity contribution is 5.91. The number of methoxy groups -OCH3 is 1. The van der Waals surface area contributed by atoms with Gasteiger partial charge in [0, 0.05) is 6.20 Å². The van der Waals surface area contributed by atoms with Crippen LogP contribution in [-0.4, -0.2) is 28.3 Å². The van der Waals surface area contributed by atoms with E-state index in [1.54, 1.807) is 0 Å². The number of pyridine rings is 1. The molecule has 0 spiro atoms. The minimum absolute atomic E-state index is 0.0881. The van der Waals surface area contributed by atoms with Gasteiger partial charge in [-0.2, -0.15) is 0 Å². The smallest absolute Gasteiger partial charge is 0.339 e. The fourth-order valence-corrected chi connectivity index (χ4v) is 0.757. The summed E-state index contributed by atoms with van der Waals surface area (Å²) in [7, 11) is 1.30.